The van der Waals surface area contributed by atoms with Crippen LogP contribution in [0.3, 0.4) is 0 Å². The Morgan fingerprint density at radius 2 is 2.25 bits per heavy atom. The molecule has 0 aromatic heterocycles. The molecule has 0 amide bonds. The molecule has 3 nitrogen and oxygen atoms in total. The lowest BCUT2D eigenvalue weighted by atomic mass is 10.3. The molecule has 0 aromatic rings. The number of halogens is 3. The van der Waals surface area contributed by atoms with E-state index in [1.165, 1.54) is 0 Å². The number of amidine groups is 1. The summed E-state index contributed by atoms with van der Waals surface area (Å²) in [6, 6.07) is -1.63. The van der Waals surface area contributed by atoms with E-state index in [0.717, 1.165) is 6.92 Å². The zero-order valence-corrected chi connectivity index (χ0v) is 6.48. The molecular weight excluding hydrogens is 173 g/mol. The van der Waals surface area contributed by atoms with E-state index in [0.29, 0.717) is 13.2 Å². The molecule has 0 fully saturated rings. The van der Waals surface area contributed by atoms with Crippen LogP contribution in [0, 0.1) is 0 Å². The molecule has 1 aliphatic rings. The van der Waals surface area contributed by atoms with Crippen molar-refractivity contribution >= 4 is 6.02 Å². The molecule has 0 radical (unpaired) electrons. The van der Waals surface area contributed by atoms with Crippen LogP contribution in [0.1, 0.15) is 6.92 Å². The van der Waals surface area contributed by atoms with Gasteiger partial charge >= 0.3 is 6.18 Å². The molecule has 1 rings (SSSR count). The highest BCUT2D eigenvalue weighted by Crippen LogP contribution is 2.19. The molecule has 1 N–H and O–H groups in total. The summed E-state index contributed by atoms with van der Waals surface area (Å²) < 4.78 is 40.5. The third-order valence-corrected chi connectivity index (χ3v) is 1.42. The quantitative estimate of drug-likeness (QED) is 0.654. The van der Waals surface area contributed by atoms with Crippen molar-refractivity contribution in [2.45, 2.75) is 19.1 Å². The lowest BCUT2D eigenvalue weighted by Gasteiger charge is -2.17. The van der Waals surface area contributed by atoms with Crippen molar-refractivity contribution in [2.75, 3.05) is 13.2 Å². The SMILES string of the molecule is CC(NC1=NCCO1)C(F)(F)F. The molecule has 0 saturated heterocycles. The number of ether oxygens (including phenoxy) is 1. The third-order valence-electron chi connectivity index (χ3n) is 1.42. The fourth-order valence-corrected chi connectivity index (χ4v) is 0.690. The van der Waals surface area contributed by atoms with Gasteiger partial charge in [0.1, 0.15) is 12.6 Å². The minimum absolute atomic E-state index is 0.0141. The minimum atomic E-state index is -4.26. The molecular formula is C6H9F3N2O. The Morgan fingerprint density at radius 1 is 1.58 bits per heavy atom. The summed E-state index contributed by atoms with van der Waals surface area (Å²) in [5, 5.41) is 2.12. The summed E-state index contributed by atoms with van der Waals surface area (Å²) >= 11 is 0. The highest BCUT2D eigenvalue weighted by atomic mass is 19.4. The zero-order valence-electron chi connectivity index (χ0n) is 6.48. The average molecular weight is 182 g/mol. The van der Waals surface area contributed by atoms with Crippen LogP contribution in [0.2, 0.25) is 0 Å². The summed E-state index contributed by atoms with van der Waals surface area (Å²) in [6.07, 6.45) is -4.26. The topological polar surface area (TPSA) is 33.6 Å². The number of hydrogen-bond acceptors (Lipinski definition) is 3. The van der Waals surface area contributed by atoms with Crippen molar-refractivity contribution < 1.29 is 17.9 Å². The minimum Gasteiger partial charge on any atom is -0.463 e. The number of aliphatic imine (C=N–C) groups is 1. The molecule has 0 aliphatic carbocycles. The summed E-state index contributed by atoms with van der Waals surface area (Å²) in [5.74, 6) is 0. The summed E-state index contributed by atoms with van der Waals surface area (Å²) in [7, 11) is 0. The highest BCUT2D eigenvalue weighted by molar-refractivity contribution is 5.75. The standard InChI is InChI=1S/C6H9F3N2O/c1-4(6(7,8)9)11-5-10-2-3-12-5/h4H,2-3H2,1H3,(H,10,11). The Morgan fingerprint density at radius 3 is 2.67 bits per heavy atom. The lowest BCUT2D eigenvalue weighted by Crippen LogP contribution is -2.43. The summed E-state index contributed by atoms with van der Waals surface area (Å²) in [6.45, 7) is 1.80. The number of alkyl halides is 3. The van der Waals surface area contributed by atoms with Gasteiger partial charge in [-0.3, -0.25) is 0 Å². The van der Waals surface area contributed by atoms with Gasteiger partial charge in [0, 0.05) is 0 Å². The molecule has 6 heteroatoms. The van der Waals surface area contributed by atoms with Crippen LogP contribution in [-0.4, -0.2) is 31.4 Å². The van der Waals surface area contributed by atoms with Crippen molar-refractivity contribution in [1.29, 1.82) is 0 Å². The van der Waals surface area contributed by atoms with E-state index in [2.05, 4.69) is 10.3 Å². The van der Waals surface area contributed by atoms with E-state index in [-0.39, 0.29) is 6.02 Å². The molecule has 1 unspecified atom stereocenters. The molecule has 0 spiro atoms. The van der Waals surface area contributed by atoms with Crippen LogP contribution in [0.4, 0.5) is 13.2 Å². The first kappa shape index (κ1) is 9.15. The van der Waals surface area contributed by atoms with E-state index < -0.39 is 12.2 Å². The van der Waals surface area contributed by atoms with Gasteiger partial charge in [-0.25, -0.2) is 4.99 Å². The second kappa shape index (κ2) is 3.20. The maximum atomic E-state index is 11.9. The molecule has 70 valence electrons. The van der Waals surface area contributed by atoms with Gasteiger partial charge in [0.2, 0.25) is 0 Å². The van der Waals surface area contributed by atoms with E-state index >= 15 is 0 Å². The van der Waals surface area contributed by atoms with Crippen LogP contribution in [0.5, 0.6) is 0 Å². The fourth-order valence-electron chi connectivity index (χ4n) is 0.690. The number of nitrogens with zero attached hydrogens (tertiary/aromatic N) is 1. The normalized spacial score (nSPS) is 19.8. The van der Waals surface area contributed by atoms with Crippen molar-refractivity contribution in [2.24, 2.45) is 4.99 Å². The molecule has 0 aromatic carbocycles. The van der Waals surface area contributed by atoms with Gasteiger partial charge in [-0.1, -0.05) is 0 Å². The van der Waals surface area contributed by atoms with Gasteiger partial charge < -0.3 is 10.1 Å². The number of nitrogens with one attached hydrogen (secondary N) is 1. The summed E-state index contributed by atoms with van der Waals surface area (Å²) in [5.41, 5.74) is 0. The Balaban J connectivity index is 2.40. The van der Waals surface area contributed by atoms with Crippen LogP contribution in [0.25, 0.3) is 0 Å². The van der Waals surface area contributed by atoms with Gasteiger partial charge in [0.25, 0.3) is 6.02 Å². The van der Waals surface area contributed by atoms with Gasteiger partial charge in [0.05, 0.1) is 6.54 Å². The van der Waals surface area contributed by atoms with E-state index in [9.17, 15) is 13.2 Å². The Bertz CT molecular complexity index is 190. The van der Waals surface area contributed by atoms with Crippen molar-refractivity contribution in [3.63, 3.8) is 0 Å². The Kier molecular flexibility index (Phi) is 2.44. The van der Waals surface area contributed by atoms with Crippen molar-refractivity contribution in [3.05, 3.63) is 0 Å². The van der Waals surface area contributed by atoms with Gasteiger partial charge in [-0.2, -0.15) is 13.2 Å². The lowest BCUT2D eigenvalue weighted by molar-refractivity contribution is -0.148. The van der Waals surface area contributed by atoms with Gasteiger partial charge in [0.15, 0.2) is 0 Å². The van der Waals surface area contributed by atoms with E-state index in [1.54, 1.807) is 0 Å². The van der Waals surface area contributed by atoms with Crippen molar-refractivity contribution in [3.8, 4) is 0 Å². The monoisotopic (exact) mass is 182 g/mol. The molecule has 0 saturated carbocycles. The molecule has 12 heavy (non-hydrogen) atoms. The number of rotatable bonds is 1. The first-order chi connectivity index (χ1) is 5.50. The molecule has 1 aliphatic heterocycles. The van der Waals surface area contributed by atoms with Gasteiger partial charge in [-0.15, -0.1) is 0 Å². The average Bonchev–Trinajstić information content (AvgIpc) is 2.37. The van der Waals surface area contributed by atoms with E-state index in [4.69, 9.17) is 4.74 Å². The van der Waals surface area contributed by atoms with Crippen LogP contribution >= 0.6 is 0 Å². The van der Waals surface area contributed by atoms with E-state index in [1.807, 2.05) is 0 Å². The first-order valence-corrected chi connectivity index (χ1v) is 3.50. The predicted octanol–water partition coefficient (Wildman–Crippen LogP) is 0.913. The smallest absolute Gasteiger partial charge is 0.408 e. The third kappa shape index (κ3) is 2.28. The van der Waals surface area contributed by atoms with Crippen LogP contribution in [0.15, 0.2) is 4.99 Å². The second-order valence-electron chi connectivity index (χ2n) is 2.44. The van der Waals surface area contributed by atoms with Gasteiger partial charge in [-0.05, 0) is 6.92 Å². The summed E-state index contributed by atoms with van der Waals surface area (Å²) in [4.78, 5) is 3.67. The number of hydrogen-bond donors (Lipinski definition) is 1. The maximum Gasteiger partial charge on any atom is 0.408 e. The fraction of sp³-hybridized carbons (Fsp3) is 0.833. The predicted molar refractivity (Wildman–Crippen MR) is 36.9 cm³/mol. The Labute approximate surface area is 67.6 Å². The Hall–Kier alpha value is -0.940. The molecule has 1 heterocycles. The second-order valence-corrected chi connectivity index (χ2v) is 2.44. The largest absolute Gasteiger partial charge is 0.463 e. The maximum absolute atomic E-state index is 11.9. The van der Waals surface area contributed by atoms with Crippen LogP contribution < -0.4 is 5.32 Å². The molecule has 0 bridgehead atoms. The van der Waals surface area contributed by atoms with Crippen LogP contribution in [-0.2, 0) is 4.74 Å². The highest BCUT2D eigenvalue weighted by Gasteiger charge is 2.37. The first-order valence-electron chi connectivity index (χ1n) is 3.50. The van der Waals surface area contributed by atoms with Crippen molar-refractivity contribution in [1.82, 2.24) is 5.32 Å². The molecule has 1 atom stereocenters. The zero-order chi connectivity index (χ0) is 9.19.